The third kappa shape index (κ3) is 5.97. The van der Waals surface area contributed by atoms with E-state index in [2.05, 4.69) is 60.9 Å². The highest BCUT2D eigenvalue weighted by molar-refractivity contribution is 8.00. The number of nitrogens with zero attached hydrogens (tertiary/aromatic N) is 2. The molecule has 1 aromatic rings. The van der Waals surface area contributed by atoms with Crippen LogP contribution in [0.15, 0.2) is 18.2 Å². The highest BCUT2D eigenvalue weighted by Crippen LogP contribution is 2.22. The topological polar surface area (TPSA) is 28.2 Å². The molecule has 1 aliphatic rings. The van der Waals surface area contributed by atoms with Crippen molar-refractivity contribution in [1.82, 2.24) is 15.2 Å². The minimum absolute atomic E-state index is 0.685. The zero-order chi connectivity index (χ0) is 15.1. The Balaban J connectivity index is 1.85. The number of thioether (sulfide) groups is 1. The van der Waals surface area contributed by atoms with E-state index >= 15 is 0 Å². The summed E-state index contributed by atoms with van der Waals surface area (Å²) in [5.74, 6) is 1.94. The van der Waals surface area contributed by atoms with Crippen LogP contribution in [-0.2, 0) is 13.1 Å². The van der Waals surface area contributed by atoms with Crippen LogP contribution >= 0.6 is 11.8 Å². The lowest BCUT2D eigenvalue weighted by molar-refractivity contribution is 0.270. The van der Waals surface area contributed by atoms with Crippen molar-refractivity contribution in [3.63, 3.8) is 0 Å². The summed E-state index contributed by atoms with van der Waals surface area (Å²) in [6.07, 6.45) is 1.27. The molecule has 0 radical (unpaired) electrons. The molecule has 1 N–H and O–H groups in total. The maximum absolute atomic E-state index is 4.80. The smallest absolute Gasteiger partial charge is 0.0547 e. The quantitative estimate of drug-likeness (QED) is 0.837. The molecule has 0 aliphatic carbocycles. The molecule has 2 heterocycles. The second-order valence-electron chi connectivity index (χ2n) is 6.28. The van der Waals surface area contributed by atoms with Gasteiger partial charge in [0, 0.05) is 37.2 Å². The van der Waals surface area contributed by atoms with Gasteiger partial charge in [-0.1, -0.05) is 26.8 Å². The summed E-state index contributed by atoms with van der Waals surface area (Å²) < 4.78 is 0. The average molecular weight is 308 g/mol. The molecule has 1 aromatic heterocycles. The van der Waals surface area contributed by atoms with E-state index in [9.17, 15) is 0 Å². The first-order valence-electron chi connectivity index (χ1n) is 8.17. The van der Waals surface area contributed by atoms with Crippen molar-refractivity contribution in [2.45, 2.75) is 45.5 Å². The fourth-order valence-corrected chi connectivity index (χ4v) is 3.85. The third-order valence-electron chi connectivity index (χ3n) is 3.79. The fourth-order valence-electron chi connectivity index (χ4n) is 2.60. The van der Waals surface area contributed by atoms with Crippen molar-refractivity contribution < 1.29 is 0 Å². The van der Waals surface area contributed by atoms with Crippen LogP contribution in [0.4, 0.5) is 0 Å². The van der Waals surface area contributed by atoms with Gasteiger partial charge in [0.25, 0.3) is 0 Å². The SMILES string of the molecule is CCC1CN(Cc2cccc(CNCC(C)C)n2)CCS1. The first-order valence-corrected chi connectivity index (χ1v) is 9.21. The Kier molecular flexibility index (Phi) is 7.00. The Labute approximate surface area is 133 Å². The van der Waals surface area contributed by atoms with E-state index < -0.39 is 0 Å². The lowest BCUT2D eigenvalue weighted by Crippen LogP contribution is -2.37. The molecule has 0 spiro atoms. The van der Waals surface area contributed by atoms with E-state index in [1.807, 2.05) is 0 Å². The van der Waals surface area contributed by atoms with E-state index in [4.69, 9.17) is 4.98 Å². The van der Waals surface area contributed by atoms with E-state index in [-0.39, 0.29) is 0 Å². The predicted molar refractivity (Wildman–Crippen MR) is 92.6 cm³/mol. The fraction of sp³-hybridized carbons (Fsp3) is 0.706. The van der Waals surface area contributed by atoms with Gasteiger partial charge in [0.1, 0.15) is 0 Å². The maximum Gasteiger partial charge on any atom is 0.0547 e. The Bertz CT molecular complexity index is 422. The second-order valence-corrected chi connectivity index (χ2v) is 7.69. The van der Waals surface area contributed by atoms with E-state index in [0.717, 1.165) is 30.6 Å². The van der Waals surface area contributed by atoms with Gasteiger partial charge in [0.15, 0.2) is 0 Å². The van der Waals surface area contributed by atoms with Crippen LogP contribution in [0, 0.1) is 5.92 Å². The zero-order valence-corrected chi connectivity index (χ0v) is 14.5. The lowest BCUT2D eigenvalue weighted by atomic mass is 10.2. The molecule has 21 heavy (non-hydrogen) atoms. The Morgan fingerprint density at radius 1 is 1.38 bits per heavy atom. The molecule has 118 valence electrons. The number of aromatic nitrogens is 1. The summed E-state index contributed by atoms with van der Waals surface area (Å²) in [7, 11) is 0. The molecule has 0 aromatic carbocycles. The summed E-state index contributed by atoms with van der Waals surface area (Å²) in [5.41, 5.74) is 2.37. The number of rotatable bonds is 7. The van der Waals surface area contributed by atoms with Gasteiger partial charge >= 0.3 is 0 Å². The molecule has 0 bridgehead atoms. The number of hydrogen-bond acceptors (Lipinski definition) is 4. The first kappa shape index (κ1) is 16.8. The summed E-state index contributed by atoms with van der Waals surface area (Å²) in [6, 6.07) is 6.43. The summed E-state index contributed by atoms with van der Waals surface area (Å²) in [4.78, 5) is 7.36. The van der Waals surface area contributed by atoms with Crippen LogP contribution in [0.2, 0.25) is 0 Å². The molecule has 1 unspecified atom stereocenters. The van der Waals surface area contributed by atoms with Crippen LogP contribution in [0.25, 0.3) is 0 Å². The lowest BCUT2D eigenvalue weighted by Gasteiger charge is -2.31. The van der Waals surface area contributed by atoms with Crippen LogP contribution < -0.4 is 5.32 Å². The molecular weight excluding hydrogens is 278 g/mol. The molecule has 3 nitrogen and oxygen atoms in total. The van der Waals surface area contributed by atoms with Gasteiger partial charge in [0.05, 0.1) is 11.4 Å². The Hall–Kier alpha value is -0.580. The minimum atomic E-state index is 0.685. The van der Waals surface area contributed by atoms with Crippen LogP contribution in [0.3, 0.4) is 0 Å². The minimum Gasteiger partial charge on any atom is -0.311 e. The van der Waals surface area contributed by atoms with E-state index in [0.29, 0.717) is 5.92 Å². The zero-order valence-electron chi connectivity index (χ0n) is 13.6. The van der Waals surface area contributed by atoms with Crippen molar-refractivity contribution in [2.75, 3.05) is 25.4 Å². The van der Waals surface area contributed by atoms with Gasteiger partial charge in [0.2, 0.25) is 0 Å². The van der Waals surface area contributed by atoms with Crippen molar-refractivity contribution in [3.8, 4) is 0 Å². The van der Waals surface area contributed by atoms with Crippen LogP contribution in [0.1, 0.15) is 38.6 Å². The van der Waals surface area contributed by atoms with Crippen molar-refractivity contribution >= 4 is 11.8 Å². The van der Waals surface area contributed by atoms with Crippen molar-refractivity contribution in [3.05, 3.63) is 29.6 Å². The van der Waals surface area contributed by atoms with E-state index in [1.165, 1.54) is 31.0 Å². The van der Waals surface area contributed by atoms with Gasteiger partial charge in [-0.05, 0) is 31.0 Å². The maximum atomic E-state index is 4.80. The highest BCUT2D eigenvalue weighted by Gasteiger charge is 2.19. The van der Waals surface area contributed by atoms with Crippen LogP contribution in [0.5, 0.6) is 0 Å². The monoisotopic (exact) mass is 307 g/mol. The standard InChI is InChI=1S/C17H29N3S/c1-4-17-13-20(8-9-21-17)12-16-7-5-6-15(19-16)11-18-10-14(2)3/h5-7,14,17-18H,4,8-13H2,1-3H3. The molecule has 0 saturated carbocycles. The summed E-state index contributed by atoms with van der Waals surface area (Å²) in [5, 5.41) is 4.27. The molecule has 1 atom stereocenters. The molecular formula is C17H29N3S. The van der Waals surface area contributed by atoms with Gasteiger partial charge in [-0.3, -0.25) is 9.88 Å². The number of hydrogen-bond donors (Lipinski definition) is 1. The predicted octanol–water partition coefficient (Wildman–Crippen LogP) is 3.15. The van der Waals surface area contributed by atoms with Crippen molar-refractivity contribution in [1.29, 1.82) is 0 Å². The van der Waals surface area contributed by atoms with Crippen molar-refractivity contribution in [2.24, 2.45) is 5.92 Å². The largest absolute Gasteiger partial charge is 0.311 e. The van der Waals surface area contributed by atoms with Crippen LogP contribution in [-0.4, -0.2) is 40.5 Å². The molecule has 1 fully saturated rings. The average Bonchev–Trinajstić information content (AvgIpc) is 2.47. The third-order valence-corrected chi connectivity index (χ3v) is 5.16. The molecule has 1 aliphatic heterocycles. The number of pyridine rings is 1. The summed E-state index contributed by atoms with van der Waals surface area (Å²) in [6.45, 7) is 12.1. The second kappa shape index (κ2) is 8.76. The van der Waals surface area contributed by atoms with Gasteiger partial charge in [-0.25, -0.2) is 0 Å². The Morgan fingerprint density at radius 3 is 2.95 bits per heavy atom. The highest BCUT2D eigenvalue weighted by atomic mass is 32.2. The molecule has 1 saturated heterocycles. The van der Waals surface area contributed by atoms with Gasteiger partial charge in [-0.15, -0.1) is 0 Å². The number of nitrogens with one attached hydrogen (secondary N) is 1. The first-order chi connectivity index (χ1) is 10.2. The van der Waals surface area contributed by atoms with E-state index in [1.54, 1.807) is 0 Å². The van der Waals surface area contributed by atoms with Gasteiger partial charge in [-0.2, -0.15) is 11.8 Å². The normalized spacial score (nSPS) is 20.1. The molecule has 4 heteroatoms. The summed E-state index contributed by atoms with van der Waals surface area (Å²) >= 11 is 2.12. The molecule has 2 rings (SSSR count). The van der Waals surface area contributed by atoms with Gasteiger partial charge < -0.3 is 5.32 Å². The Morgan fingerprint density at radius 2 is 2.19 bits per heavy atom. The molecule has 0 amide bonds.